The third-order valence-corrected chi connectivity index (χ3v) is 2.98. The number of hydrogen-bond acceptors (Lipinski definition) is 2. The molecule has 0 saturated carbocycles. The summed E-state index contributed by atoms with van der Waals surface area (Å²) in [5.74, 6) is -0.0978. The van der Waals surface area contributed by atoms with Crippen LogP contribution in [-0.4, -0.2) is 19.7 Å². The Bertz CT molecular complexity index is 454. The molecule has 0 spiro atoms. The van der Waals surface area contributed by atoms with Gasteiger partial charge in [-0.2, -0.15) is 13.2 Å². The molecular weight excluding hydrogens is 255 g/mol. The third kappa shape index (κ3) is 3.99. The summed E-state index contributed by atoms with van der Waals surface area (Å²) in [6.07, 6.45) is -0.633. The van der Waals surface area contributed by atoms with Crippen LogP contribution in [0, 0.1) is 0 Å². The summed E-state index contributed by atoms with van der Waals surface area (Å²) in [4.78, 5) is 0. The summed E-state index contributed by atoms with van der Waals surface area (Å²) < 4.78 is 43.5. The first-order valence-corrected chi connectivity index (χ1v) is 6.25. The molecule has 0 aliphatic carbocycles. The minimum Gasteiger partial charge on any atom is -0.493 e. The number of nitrogens with one attached hydrogen (secondary N) is 1. The van der Waals surface area contributed by atoms with Crippen molar-refractivity contribution in [3.8, 4) is 5.75 Å². The van der Waals surface area contributed by atoms with Crippen molar-refractivity contribution in [2.75, 3.05) is 19.7 Å². The molecule has 0 fully saturated rings. The van der Waals surface area contributed by atoms with Crippen molar-refractivity contribution < 1.29 is 17.9 Å². The fraction of sp³-hybridized carbons (Fsp3) is 0.429. The number of alkyl halides is 3. The van der Waals surface area contributed by atoms with Crippen molar-refractivity contribution in [1.82, 2.24) is 5.32 Å². The first-order valence-electron chi connectivity index (χ1n) is 6.25. The summed E-state index contributed by atoms with van der Waals surface area (Å²) in [7, 11) is 0. The lowest BCUT2D eigenvalue weighted by Gasteiger charge is -2.16. The van der Waals surface area contributed by atoms with E-state index in [1.807, 2.05) is 0 Å². The van der Waals surface area contributed by atoms with Crippen molar-refractivity contribution in [2.24, 2.45) is 0 Å². The van der Waals surface area contributed by atoms with E-state index in [1.54, 1.807) is 6.07 Å². The highest BCUT2D eigenvalue weighted by Crippen LogP contribution is 2.35. The normalized spacial score (nSPS) is 16.1. The van der Waals surface area contributed by atoms with Crippen LogP contribution in [0.25, 0.3) is 0 Å². The first-order chi connectivity index (χ1) is 9.07. The number of rotatable bonds is 4. The predicted molar refractivity (Wildman–Crippen MR) is 67.1 cm³/mol. The predicted octanol–water partition coefficient (Wildman–Crippen LogP) is 3.39. The zero-order valence-corrected chi connectivity index (χ0v) is 10.5. The molecule has 1 heterocycles. The third-order valence-electron chi connectivity index (χ3n) is 2.98. The molecule has 0 amide bonds. The second kappa shape index (κ2) is 6.10. The molecule has 0 atom stereocenters. The van der Waals surface area contributed by atoms with Crippen LogP contribution in [0.3, 0.4) is 0 Å². The minimum atomic E-state index is -4.37. The van der Waals surface area contributed by atoms with Gasteiger partial charge in [0.05, 0.1) is 12.2 Å². The molecule has 1 aromatic carbocycles. The molecule has 2 nitrogen and oxygen atoms in total. The molecule has 19 heavy (non-hydrogen) atoms. The highest BCUT2D eigenvalue weighted by molar-refractivity contribution is 5.35. The number of halogens is 3. The molecule has 1 aromatic rings. The maximum atomic E-state index is 12.7. The molecule has 0 saturated heterocycles. The molecule has 1 aliphatic heterocycles. The van der Waals surface area contributed by atoms with E-state index in [-0.39, 0.29) is 12.4 Å². The van der Waals surface area contributed by atoms with Gasteiger partial charge in [0.25, 0.3) is 0 Å². The smallest absolute Gasteiger partial charge is 0.419 e. The monoisotopic (exact) mass is 271 g/mol. The quantitative estimate of drug-likeness (QED) is 0.847. The lowest BCUT2D eigenvalue weighted by atomic mass is 10.1. The Balaban J connectivity index is 1.94. The van der Waals surface area contributed by atoms with Crippen molar-refractivity contribution >= 4 is 0 Å². The Labute approximate surface area is 110 Å². The second-order valence-electron chi connectivity index (χ2n) is 4.42. The Morgan fingerprint density at radius 1 is 1.21 bits per heavy atom. The molecule has 1 N–H and O–H groups in total. The molecule has 5 heteroatoms. The van der Waals surface area contributed by atoms with E-state index in [0.29, 0.717) is 6.42 Å². The number of ether oxygens (including phenoxy) is 1. The van der Waals surface area contributed by atoms with Crippen molar-refractivity contribution in [1.29, 1.82) is 0 Å². The minimum absolute atomic E-state index is 0.0978. The zero-order chi connectivity index (χ0) is 13.7. The van der Waals surface area contributed by atoms with E-state index in [1.165, 1.54) is 17.7 Å². The number of para-hydroxylation sites is 1. The summed E-state index contributed by atoms with van der Waals surface area (Å²) >= 11 is 0. The van der Waals surface area contributed by atoms with Gasteiger partial charge in [0.15, 0.2) is 0 Å². The maximum absolute atomic E-state index is 12.7. The van der Waals surface area contributed by atoms with Crippen LogP contribution in [0.1, 0.15) is 18.4 Å². The van der Waals surface area contributed by atoms with Gasteiger partial charge in [-0.3, -0.25) is 0 Å². The molecule has 0 unspecified atom stereocenters. The van der Waals surface area contributed by atoms with Gasteiger partial charge in [0.2, 0.25) is 0 Å². The van der Waals surface area contributed by atoms with E-state index in [2.05, 4.69) is 11.4 Å². The van der Waals surface area contributed by atoms with Gasteiger partial charge in [-0.05, 0) is 25.1 Å². The van der Waals surface area contributed by atoms with Crippen LogP contribution >= 0.6 is 0 Å². The van der Waals surface area contributed by atoms with Gasteiger partial charge in [-0.25, -0.2) is 0 Å². The average Bonchev–Trinajstić information content (AvgIpc) is 2.39. The van der Waals surface area contributed by atoms with Crippen molar-refractivity contribution in [3.05, 3.63) is 41.5 Å². The average molecular weight is 271 g/mol. The van der Waals surface area contributed by atoms with E-state index >= 15 is 0 Å². The molecular formula is C14H16F3NO. The fourth-order valence-corrected chi connectivity index (χ4v) is 2.01. The highest BCUT2D eigenvalue weighted by atomic mass is 19.4. The largest absolute Gasteiger partial charge is 0.493 e. The molecule has 1 aliphatic rings. The summed E-state index contributed by atoms with van der Waals surface area (Å²) in [6.45, 7) is 2.02. The van der Waals surface area contributed by atoms with Crippen LogP contribution in [-0.2, 0) is 6.18 Å². The SMILES string of the molecule is FC(F)(F)c1ccccc1OCCC1=CCCNC1. The van der Waals surface area contributed by atoms with Gasteiger partial charge in [0, 0.05) is 13.0 Å². The standard InChI is InChI=1S/C14H16F3NO/c15-14(16,17)12-5-1-2-6-13(12)19-9-7-11-4-3-8-18-10-11/h1-2,4-6,18H,3,7-10H2. The first kappa shape index (κ1) is 13.9. The Hall–Kier alpha value is -1.49. The van der Waals surface area contributed by atoms with Crippen molar-refractivity contribution in [2.45, 2.75) is 19.0 Å². The highest BCUT2D eigenvalue weighted by Gasteiger charge is 2.33. The lowest BCUT2D eigenvalue weighted by Crippen LogP contribution is -2.23. The second-order valence-corrected chi connectivity index (χ2v) is 4.42. The van der Waals surface area contributed by atoms with Gasteiger partial charge in [-0.1, -0.05) is 23.8 Å². The Morgan fingerprint density at radius 3 is 2.68 bits per heavy atom. The van der Waals surface area contributed by atoms with E-state index in [9.17, 15) is 13.2 Å². The molecule has 0 radical (unpaired) electrons. The van der Waals surface area contributed by atoms with Crippen LogP contribution in [0.4, 0.5) is 13.2 Å². The van der Waals surface area contributed by atoms with Crippen LogP contribution < -0.4 is 10.1 Å². The van der Waals surface area contributed by atoms with Gasteiger partial charge in [-0.15, -0.1) is 0 Å². The Morgan fingerprint density at radius 2 is 2.00 bits per heavy atom. The van der Waals surface area contributed by atoms with E-state index in [4.69, 9.17) is 4.74 Å². The van der Waals surface area contributed by atoms with Crippen LogP contribution in [0.5, 0.6) is 5.75 Å². The van der Waals surface area contributed by atoms with E-state index in [0.717, 1.165) is 25.6 Å². The molecule has 104 valence electrons. The van der Waals surface area contributed by atoms with Gasteiger partial charge < -0.3 is 10.1 Å². The molecule has 2 rings (SSSR count). The van der Waals surface area contributed by atoms with Crippen LogP contribution in [0.2, 0.25) is 0 Å². The van der Waals surface area contributed by atoms with Gasteiger partial charge >= 0.3 is 6.18 Å². The summed E-state index contributed by atoms with van der Waals surface area (Å²) in [5, 5.41) is 3.22. The summed E-state index contributed by atoms with van der Waals surface area (Å²) in [5.41, 5.74) is 0.474. The zero-order valence-electron chi connectivity index (χ0n) is 10.5. The number of hydrogen-bond donors (Lipinski definition) is 1. The number of benzene rings is 1. The van der Waals surface area contributed by atoms with Crippen molar-refractivity contribution in [3.63, 3.8) is 0 Å². The molecule has 0 bridgehead atoms. The fourth-order valence-electron chi connectivity index (χ4n) is 2.01. The topological polar surface area (TPSA) is 21.3 Å². The maximum Gasteiger partial charge on any atom is 0.419 e. The Kier molecular flexibility index (Phi) is 4.47. The molecule has 0 aromatic heterocycles. The van der Waals surface area contributed by atoms with Crippen LogP contribution in [0.15, 0.2) is 35.9 Å². The van der Waals surface area contributed by atoms with E-state index < -0.39 is 11.7 Å². The van der Waals surface area contributed by atoms with Gasteiger partial charge in [0.1, 0.15) is 5.75 Å². The lowest BCUT2D eigenvalue weighted by molar-refractivity contribution is -0.138. The summed E-state index contributed by atoms with van der Waals surface area (Å²) in [6, 6.07) is 5.31.